The molecule has 0 radical (unpaired) electrons. The molecule has 0 spiro atoms. The zero-order chi connectivity index (χ0) is 21.3. The molecular weight excluding hydrogens is 387 g/mol. The first kappa shape index (κ1) is 19.8. The van der Waals surface area contributed by atoms with Crippen molar-refractivity contribution in [3.05, 3.63) is 71.4 Å². The molecule has 3 amide bonds. The zero-order valence-corrected chi connectivity index (χ0v) is 16.7. The van der Waals surface area contributed by atoms with Gasteiger partial charge >= 0.3 is 6.03 Å². The summed E-state index contributed by atoms with van der Waals surface area (Å²) < 4.78 is 19.0. The maximum absolute atomic E-state index is 13.7. The molecule has 30 heavy (non-hydrogen) atoms. The van der Waals surface area contributed by atoms with Crippen molar-refractivity contribution in [1.29, 1.82) is 0 Å². The number of benzene rings is 2. The van der Waals surface area contributed by atoms with Crippen LogP contribution in [0.15, 0.2) is 53.1 Å². The predicted octanol–water partition coefficient (Wildman–Crippen LogP) is 3.58. The molecule has 0 saturated carbocycles. The highest BCUT2D eigenvalue weighted by molar-refractivity contribution is 6.07. The molecule has 3 aromatic rings. The summed E-state index contributed by atoms with van der Waals surface area (Å²) in [7, 11) is 0. The fourth-order valence-electron chi connectivity index (χ4n) is 3.46. The Kier molecular flexibility index (Phi) is 5.07. The van der Waals surface area contributed by atoms with Gasteiger partial charge in [0.15, 0.2) is 0 Å². The summed E-state index contributed by atoms with van der Waals surface area (Å²) in [6.07, 6.45) is 0.856. The quantitative estimate of drug-likeness (QED) is 0.630. The number of urea groups is 1. The monoisotopic (exact) mass is 408 g/mol. The van der Waals surface area contributed by atoms with Crippen molar-refractivity contribution in [2.75, 3.05) is 6.54 Å². The molecule has 2 aromatic carbocycles. The molecule has 2 heterocycles. The molecule has 154 valence electrons. The number of imide groups is 1. The Morgan fingerprint density at radius 3 is 2.67 bits per heavy atom. The van der Waals surface area contributed by atoms with E-state index in [4.69, 9.17) is 4.52 Å². The highest BCUT2D eigenvalue weighted by Gasteiger charge is 2.48. The van der Waals surface area contributed by atoms with Crippen LogP contribution in [0.3, 0.4) is 0 Å². The molecule has 1 aliphatic rings. The summed E-state index contributed by atoms with van der Waals surface area (Å²) in [6.45, 7) is 3.61. The van der Waals surface area contributed by atoms with E-state index in [1.807, 2.05) is 30.3 Å². The summed E-state index contributed by atoms with van der Waals surface area (Å²) >= 11 is 0. The topological polar surface area (TPSA) is 88.3 Å². The minimum Gasteiger partial charge on any atom is -0.339 e. The van der Waals surface area contributed by atoms with Gasteiger partial charge in [-0.05, 0) is 37.5 Å². The molecule has 7 nitrogen and oxygen atoms in total. The SMILES string of the molecule is Cc1ccc(-c2noc(CCCN3C(=O)NC(C)(c4ccccc4)C3=O)n2)cc1F. The third kappa shape index (κ3) is 3.56. The summed E-state index contributed by atoms with van der Waals surface area (Å²) in [5.41, 5.74) is 0.725. The Balaban J connectivity index is 1.39. The largest absolute Gasteiger partial charge is 0.339 e. The van der Waals surface area contributed by atoms with E-state index in [1.54, 1.807) is 26.0 Å². The first-order chi connectivity index (χ1) is 14.4. The van der Waals surface area contributed by atoms with E-state index in [0.717, 1.165) is 5.56 Å². The number of hydrogen-bond donors (Lipinski definition) is 1. The number of aryl methyl sites for hydroxylation is 2. The maximum Gasteiger partial charge on any atom is 0.325 e. The van der Waals surface area contributed by atoms with Crippen molar-refractivity contribution in [3.8, 4) is 11.4 Å². The molecule has 8 heteroatoms. The van der Waals surface area contributed by atoms with E-state index in [-0.39, 0.29) is 18.3 Å². The van der Waals surface area contributed by atoms with Crippen LogP contribution in [0.5, 0.6) is 0 Å². The number of hydrogen-bond acceptors (Lipinski definition) is 5. The lowest BCUT2D eigenvalue weighted by molar-refractivity contribution is -0.131. The standard InChI is InChI=1S/C22H21FN4O3/c1-14-10-11-15(13-17(14)23)19-24-18(30-26-19)9-6-12-27-20(28)22(2,25-21(27)29)16-7-4-3-5-8-16/h3-5,7-8,10-11,13H,6,9,12H2,1-2H3,(H,25,29). The average Bonchev–Trinajstić information content (AvgIpc) is 3.29. The smallest absolute Gasteiger partial charge is 0.325 e. The Morgan fingerprint density at radius 2 is 1.93 bits per heavy atom. The number of nitrogens with one attached hydrogen (secondary N) is 1. The van der Waals surface area contributed by atoms with Crippen LogP contribution in [0.25, 0.3) is 11.4 Å². The van der Waals surface area contributed by atoms with Crippen molar-refractivity contribution in [2.24, 2.45) is 0 Å². The summed E-state index contributed by atoms with van der Waals surface area (Å²) in [5.74, 6) is 0.0401. The van der Waals surface area contributed by atoms with E-state index in [1.165, 1.54) is 11.0 Å². The number of rotatable bonds is 6. The fraction of sp³-hybridized carbons (Fsp3) is 0.273. The van der Waals surface area contributed by atoms with E-state index in [0.29, 0.717) is 35.7 Å². The van der Waals surface area contributed by atoms with Gasteiger partial charge in [-0.25, -0.2) is 9.18 Å². The van der Waals surface area contributed by atoms with E-state index in [2.05, 4.69) is 15.5 Å². The number of halogens is 1. The van der Waals surface area contributed by atoms with Crippen LogP contribution in [-0.4, -0.2) is 33.5 Å². The van der Waals surface area contributed by atoms with Crippen LogP contribution in [0.1, 0.15) is 30.4 Å². The molecule has 1 saturated heterocycles. The number of carbonyl (C=O) groups excluding carboxylic acids is 2. The first-order valence-electron chi connectivity index (χ1n) is 9.67. The molecular formula is C22H21FN4O3. The molecule has 4 rings (SSSR count). The van der Waals surface area contributed by atoms with Crippen LogP contribution >= 0.6 is 0 Å². The first-order valence-corrected chi connectivity index (χ1v) is 9.67. The average molecular weight is 408 g/mol. The van der Waals surface area contributed by atoms with Crippen molar-refractivity contribution >= 4 is 11.9 Å². The van der Waals surface area contributed by atoms with Gasteiger partial charge < -0.3 is 9.84 Å². The van der Waals surface area contributed by atoms with Gasteiger partial charge in [0.2, 0.25) is 11.7 Å². The van der Waals surface area contributed by atoms with Crippen molar-refractivity contribution in [1.82, 2.24) is 20.4 Å². The number of amides is 3. The van der Waals surface area contributed by atoms with Crippen LogP contribution in [0.4, 0.5) is 9.18 Å². The van der Waals surface area contributed by atoms with E-state index < -0.39 is 11.6 Å². The summed E-state index contributed by atoms with van der Waals surface area (Å²) in [5, 5.41) is 6.67. The molecule has 0 bridgehead atoms. The second kappa shape index (κ2) is 7.70. The van der Waals surface area contributed by atoms with E-state index >= 15 is 0 Å². The molecule has 1 N–H and O–H groups in total. The van der Waals surface area contributed by atoms with Gasteiger partial charge in [-0.15, -0.1) is 0 Å². The summed E-state index contributed by atoms with van der Waals surface area (Å²) in [6, 6.07) is 13.5. The minimum atomic E-state index is -1.08. The zero-order valence-electron chi connectivity index (χ0n) is 16.7. The second-order valence-electron chi connectivity index (χ2n) is 7.46. The molecule has 1 aromatic heterocycles. The summed E-state index contributed by atoms with van der Waals surface area (Å²) in [4.78, 5) is 30.7. The maximum atomic E-state index is 13.7. The van der Waals surface area contributed by atoms with Crippen LogP contribution in [0.2, 0.25) is 0 Å². The third-order valence-corrected chi connectivity index (χ3v) is 5.30. The van der Waals surface area contributed by atoms with Gasteiger partial charge in [0.25, 0.3) is 5.91 Å². The van der Waals surface area contributed by atoms with Crippen LogP contribution in [0, 0.1) is 12.7 Å². The third-order valence-electron chi connectivity index (χ3n) is 5.30. The second-order valence-corrected chi connectivity index (χ2v) is 7.46. The molecule has 1 unspecified atom stereocenters. The van der Waals surface area contributed by atoms with Crippen molar-refractivity contribution in [3.63, 3.8) is 0 Å². The van der Waals surface area contributed by atoms with Crippen LogP contribution < -0.4 is 5.32 Å². The predicted molar refractivity (Wildman–Crippen MR) is 107 cm³/mol. The van der Waals surface area contributed by atoms with Crippen molar-refractivity contribution in [2.45, 2.75) is 32.2 Å². The normalized spacial score (nSPS) is 18.7. The highest BCUT2D eigenvalue weighted by atomic mass is 19.1. The number of nitrogens with zero attached hydrogens (tertiary/aromatic N) is 3. The fourth-order valence-corrected chi connectivity index (χ4v) is 3.46. The Hall–Kier alpha value is -3.55. The Labute approximate surface area is 172 Å². The van der Waals surface area contributed by atoms with Crippen LogP contribution in [-0.2, 0) is 16.8 Å². The van der Waals surface area contributed by atoms with E-state index in [9.17, 15) is 14.0 Å². The van der Waals surface area contributed by atoms with Gasteiger partial charge in [0.1, 0.15) is 11.4 Å². The minimum absolute atomic E-state index is 0.226. The van der Waals surface area contributed by atoms with Gasteiger partial charge in [-0.3, -0.25) is 9.69 Å². The molecule has 0 aliphatic carbocycles. The van der Waals surface area contributed by atoms with Gasteiger partial charge in [0.05, 0.1) is 0 Å². The highest BCUT2D eigenvalue weighted by Crippen LogP contribution is 2.28. The van der Waals surface area contributed by atoms with Crippen molar-refractivity contribution < 1.29 is 18.5 Å². The Bertz CT molecular complexity index is 1100. The molecule has 1 atom stereocenters. The lowest BCUT2D eigenvalue weighted by Gasteiger charge is -2.22. The van der Waals surface area contributed by atoms with Gasteiger partial charge in [-0.1, -0.05) is 47.6 Å². The van der Waals surface area contributed by atoms with Gasteiger partial charge in [-0.2, -0.15) is 4.98 Å². The lowest BCUT2D eigenvalue weighted by Crippen LogP contribution is -2.40. The Morgan fingerprint density at radius 1 is 1.17 bits per heavy atom. The molecule has 1 aliphatic heterocycles. The number of carbonyl (C=O) groups is 2. The molecule has 1 fully saturated rings. The van der Waals surface area contributed by atoms with Gasteiger partial charge in [0, 0.05) is 18.5 Å². The number of aromatic nitrogens is 2. The lowest BCUT2D eigenvalue weighted by atomic mass is 9.92.